The van der Waals surface area contributed by atoms with Gasteiger partial charge in [-0.1, -0.05) is 38.1 Å². The van der Waals surface area contributed by atoms with Crippen LogP contribution in [0.25, 0.3) is 11.1 Å². The molecule has 0 aromatic heterocycles. The molecule has 0 aliphatic heterocycles. The third-order valence-corrected chi connectivity index (χ3v) is 2.76. The molecule has 0 spiro atoms. The number of rotatable bonds is 2. The zero-order chi connectivity index (χ0) is 16.8. The van der Waals surface area contributed by atoms with E-state index in [4.69, 9.17) is 10.5 Å². The van der Waals surface area contributed by atoms with E-state index >= 15 is 0 Å². The van der Waals surface area contributed by atoms with Gasteiger partial charge in [0.05, 0.1) is 5.56 Å². The molecule has 0 radical (unpaired) electrons. The molecule has 0 heterocycles. The molecule has 118 valence electrons. The Morgan fingerprint density at radius 1 is 0.864 bits per heavy atom. The molecule has 0 amide bonds. The lowest BCUT2D eigenvalue weighted by molar-refractivity contribution is 0.00696. The van der Waals surface area contributed by atoms with Crippen LogP contribution in [0.1, 0.15) is 45.0 Å². The number of ether oxygens (including phenoxy) is 1. The first-order valence-electron chi connectivity index (χ1n) is 7.54. The van der Waals surface area contributed by atoms with Crippen LogP contribution in [-0.4, -0.2) is 11.6 Å². The predicted octanol–water partition coefficient (Wildman–Crippen LogP) is 4.92. The maximum Gasteiger partial charge on any atom is 0.338 e. The van der Waals surface area contributed by atoms with Gasteiger partial charge in [0.1, 0.15) is 5.60 Å². The first kappa shape index (κ1) is 17.8. The SMILES string of the molecule is CC.CC(C)(C)OC(=O)c1ccc(-c2ccc(N)cc2)cc1. The van der Waals surface area contributed by atoms with Gasteiger partial charge in [-0.3, -0.25) is 0 Å². The molecule has 3 nitrogen and oxygen atoms in total. The van der Waals surface area contributed by atoms with Crippen LogP contribution >= 0.6 is 0 Å². The fraction of sp³-hybridized carbons (Fsp3) is 0.316. The lowest BCUT2D eigenvalue weighted by atomic mass is 10.0. The van der Waals surface area contributed by atoms with Crippen LogP contribution in [0, 0.1) is 0 Å². The highest BCUT2D eigenvalue weighted by atomic mass is 16.6. The van der Waals surface area contributed by atoms with Crippen molar-refractivity contribution in [3.63, 3.8) is 0 Å². The van der Waals surface area contributed by atoms with E-state index in [9.17, 15) is 4.79 Å². The Hall–Kier alpha value is -2.29. The molecule has 3 heteroatoms. The van der Waals surface area contributed by atoms with Gasteiger partial charge in [-0.2, -0.15) is 0 Å². The molecular formula is C19H25NO2. The monoisotopic (exact) mass is 299 g/mol. The Morgan fingerprint density at radius 2 is 1.27 bits per heavy atom. The smallest absolute Gasteiger partial charge is 0.338 e. The van der Waals surface area contributed by atoms with Crippen molar-refractivity contribution in [3.05, 3.63) is 54.1 Å². The minimum Gasteiger partial charge on any atom is -0.456 e. The highest BCUT2D eigenvalue weighted by Gasteiger charge is 2.17. The van der Waals surface area contributed by atoms with E-state index in [1.165, 1.54) is 0 Å². The topological polar surface area (TPSA) is 52.3 Å². The normalized spacial score (nSPS) is 10.4. The Kier molecular flexibility index (Phi) is 6.17. The summed E-state index contributed by atoms with van der Waals surface area (Å²) < 4.78 is 5.33. The van der Waals surface area contributed by atoms with Gasteiger partial charge in [0, 0.05) is 5.69 Å². The summed E-state index contributed by atoms with van der Waals surface area (Å²) in [6.07, 6.45) is 0. The lowest BCUT2D eigenvalue weighted by Crippen LogP contribution is -2.23. The van der Waals surface area contributed by atoms with Crippen molar-refractivity contribution < 1.29 is 9.53 Å². The van der Waals surface area contributed by atoms with Crippen molar-refractivity contribution in [2.24, 2.45) is 0 Å². The molecule has 0 unspecified atom stereocenters. The molecule has 0 bridgehead atoms. The van der Waals surface area contributed by atoms with Gasteiger partial charge in [-0.15, -0.1) is 0 Å². The molecule has 0 aliphatic carbocycles. The van der Waals surface area contributed by atoms with Crippen LogP contribution in [0.2, 0.25) is 0 Å². The lowest BCUT2D eigenvalue weighted by Gasteiger charge is -2.19. The van der Waals surface area contributed by atoms with E-state index in [0.29, 0.717) is 5.56 Å². The van der Waals surface area contributed by atoms with Crippen LogP contribution in [0.15, 0.2) is 48.5 Å². The molecule has 2 rings (SSSR count). The predicted molar refractivity (Wildman–Crippen MR) is 92.8 cm³/mol. The van der Waals surface area contributed by atoms with E-state index in [2.05, 4.69) is 0 Å². The van der Waals surface area contributed by atoms with Crippen LogP contribution in [0.3, 0.4) is 0 Å². The van der Waals surface area contributed by atoms with Gasteiger partial charge in [-0.25, -0.2) is 4.79 Å². The number of esters is 1. The van der Waals surface area contributed by atoms with Crippen molar-refractivity contribution in [1.29, 1.82) is 0 Å². The molecule has 0 saturated heterocycles. The Bertz CT molecular complexity index is 593. The average molecular weight is 299 g/mol. The van der Waals surface area contributed by atoms with Crippen molar-refractivity contribution in [3.8, 4) is 11.1 Å². The van der Waals surface area contributed by atoms with Crippen molar-refractivity contribution in [1.82, 2.24) is 0 Å². The van der Waals surface area contributed by atoms with E-state index < -0.39 is 5.60 Å². The van der Waals surface area contributed by atoms with E-state index in [-0.39, 0.29) is 5.97 Å². The van der Waals surface area contributed by atoms with Crippen molar-refractivity contribution in [2.75, 3.05) is 5.73 Å². The molecule has 2 aromatic rings. The van der Waals surface area contributed by atoms with Crippen LogP contribution in [0.5, 0.6) is 0 Å². The fourth-order valence-corrected chi connectivity index (χ4v) is 1.81. The van der Waals surface area contributed by atoms with E-state index in [0.717, 1.165) is 16.8 Å². The highest BCUT2D eigenvalue weighted by Crippen LogP contribution is 2.21. The summed E-state index contributed by atoms with van der Waals surface area (Å²) in [5.74, 6) is -0.304. The largest absolute Gasteiger partial charge is 0.456 e. The van der Waals surface area contributed by atoms with Gasteiger partial charge in [-0.05, 0) is 56.2 Å². The zero-order valence-corrected chi connectivity index (χ0v) is 14.0. The first-order valence-corrected chi connectivity index (χ1v) is 7.54. The molecule has 22 heavy (non-hydrogen) atoms. The Labute approximate surface area is 133 Å². The Balaban J connectivity index is 0.00000116. The number of carbonyl (C=O) groups is 1. The van der Waals surface area contributed by atoms with E-state index in [1.807, 2.05) is 71.0 Å². The number of carbonyl (C=O) groups excluding carboxylic acids is 1. The van der Waals surface area contributed by atoms with Crippen molar-refractivity contribution in [2.45, 2.75) is 40.2 Å². The number of nitrogens with two attached hydrogens (primary N) is 1. The molecule has 0 atom stereocenters. The van der Waals surface area contributed by atoms with Gasteiger partial charge in [0.2, 0.25) is 0 Å². The van der Waals surface area contributed by atoms with Crippen LogP contribution in [0.4, 0.5) is 5.69 Å². The minimum atomic E-state index is -0.479. The number of nitrogen functional groups attached to an aromatic ring is 1. The summed E-state index contributed by atoms with van der Waals surface area (Å²) in [5, 5.41) is 0. The molecular weight excluding hydrogens is 274 g/mol. The number of anilines is 1. The summed E-state index contributed by atoms with van der Waals surface area (Å²) in [7, 11) is 0. The molecule has 0 aliphatic rings. The molecule has 2 aromatic carbocycles. The number of benzene rings is 2. The average Bonchev–Trinajstić information content (AvgIpc) is 2.48. The van der Waals surface area contributed by atoms with Crippen LogP contribution in [-0.2, 0) is 4.74 Å². The zero-order valence-electron chi connectivity index (χ0n) is 14.0. The minimum absolute atomic E-state index is 0.304. The van der Waals surface area contributed by atoms with E-state index in [1.54, 1.807) is 12.1 Å². The summed E-state index contributed by atoms with van der Waals surface area (Å²) in [6.45, 7) is 9.56. The maximum absolute atomic E-state index is 11.9. The second kappa shape index (κ2) is 7.64. The van der Waals surface area contributed by atoms with Crippen LogP contribution < -0.4 is 5.73 Å². The van der Waals surface area contributed by atoms with Gasteiger partial charge < -0.3 is 10.5 Å². The van der Waals surface area contributed by atoms with Crippen molar-refractivity contribution >= 4 is 11.7 Å². The third kappa shape index (κ3) is 5.24. The van der Waals surface area contributed by atoms with Gasteiger partial charge in [0.15, 0.2) is 0 Å². The summed E-state index contributed by atoms with van der Waals surface area (Å²) in [4.78, 5) is 11.9. The summed E-state index contributed by atoms with van der Waals surface area (Å²) >= 11 is 0. The van der Waals surface area contributed by atoms with Gasteiger partial charge in [0.25, 0.3) is 0 Å². The molecule has 0 fully saturated rings. The second-order valence-corrected chi connectivity index (χ2v) is 5.70. The summed E-state index contributed by atoms with van der Waals surface area (Å²) in [5.41, 5.74) is 8.58. The second-order valence-electron chi connectivity index (χ2n) is 5.70. The number of hydrogen-bond acceptors (Lipinski definition) is 3. The fourth-order valence-electron chi connectivity index (χ4n) is 1.81. The molecule has 0 saturated carbocycles. The summed E-state index contributed by atoms with van der Waals surface area (Å²) in [6, 6.07) is 15.0. The standard InChI is InChI=1S/C17H19NO2.C2H6/c1-17(2,3)20-16(19)14-6-4-12(5-7-14)13-8-10-15(18)11-9-13;1-2/h4-11H,18H2,1-3H3;1-2H3. The number of hydrogen-bond donors (Lipinski definition) is 1. The highest BCUT2D eigenvalue weighted by molar-refractivity contribution is 5.90. The maximum atomic E-state index is 11.9. The third-order valence-electron chi connectivity index (χ3n) is 2.76. The van der Waals surface area contributed by atoms with Gasteiger partial charge >= 0.3 is 5.97 Å². The Morgan fingerprint density at radius 3 is 1.68 bits per heavy atom. The molecule has 2 N–H and O–H groups in total. The quantitative estimate of drug-likeness (QED) is 0.632. The first-order chi connectivity index (χ1) is 10.3.